The Bertz CT molecular complexity index is 5930. The molecule has 14 aromatic carbocycles. The Morgan fingerprint density at radius 3 is 1.71 bits per heavy atom. The lowest BCUT2D eigenvalue weighted by Gasteiger charge is -2.29. The van der Waals surface area contributed by atoms with Crippen molar-refractivity contribution in [2.75, 3.05) is 4.90 Å². The molecule has 0 aliphatic rings. The first kappa shape index (κ1) is 44.6. The van der Waals surface area contributed by atoms with E-state index in [0.717, 1.165) is 149 Å². The number of aromatic nitrogens is 3. The van der Waals surface area contributed by atoms with Gasteiger partial charge >= 0.3 is 0 Å². The second-order valence-electron chi connectivity index (χ2n) is 21.9. The van der Waals surface area contributed by atoms with Crippen LogP contribution in [0.25, 0.3) is 169 Å². The predicted molar refractivity (Wildman–Crippen MR) is 342 cm³/mol. The average molecular weight is 1060 g/mol. The Balaban J connectivity index is 0.936. The summed E-state index contributed by atoms with van der Waals surface area (Å²) in [6, 6.07) is 83.0. The number of hydrogen-bond donors (Lipinski definition) is 0. The number of para-hydroxylation sites is 4. The molecule has 83 heavy (non-hydrogen) atoms. The number of rotatable bonds is 6. The van der Waals surface area contributed by atoms with Crippen molar-refractivity contribution in [3.63, 3.8) is 0 Å². The molecule has 384 valence electrons. The second-order valence-corrected chi connectivity index (χ2v) is 21.9. The molecule has 0 N–H and O–H groups in total. The number of hydrogen-bond acceptors (Lipinski definition) is 6. The van der Waals surface area contributed by atoms with E-state index < -0.39 is 0 Å². The van der Waals surface area contributed by atoms with Crippen molar-refractivity contribution < 1.29 is 13.3 Å². The van der Waals surface area contributed by atoms with Gasteiger partial charge in [0.05, 0.1) is 22.4 Å². The van der Waals surface area contributed by atoms with Crippen molar-refractivity contribution >= 4 is 159 Å². The fourth-order valence-electron chi connectivity index (χ4n) is 14.2. The highest BCUT2D eigenvalue weighted by molar-refractivity contribution is 6.38. The van der Waals surface area contributed by atoms with Gasteiger partial charge in [0.1, 0.15) is 22.3 Å². The van der Waals surface area contributed by atoms with Gasteiger partial charge in [0, 0.05) is 96.4 Å². The lowest BCUT2D eigenvalue weighted by Crippen LogP contribution is -2.11. The molecule has 0 amide bonds. The maximum atomic E-state index is 7.16. The molecule has 0 fully saturated rings. The Labute approximate surface area is 472 Å². The first-order valence-corrected chi connectivity index (χ1v) is 28.1. The summed E-state index contributed by atoms with van der Waals surface area (Å²) >= 11 is 0. The molecule has 19 aromatic rings. The summed E-state index contributed by atoms with van der Waals surface area (Å²) in [6.07, 6.45) is 7.65. The Morgan fingerprint density at radius 2 is 0.916 bits per heavy atom. The molecule has 0 radical (unpaired) electrons. The molecule has 0 bridgehead atoms. The summed E-state index contributed by atoms with van der Waals surface area (Å²) in [5.74, 6) is 0. The van der Waals surface area contributed by atoms with Crippen LogP contribution in [-0.4, -0.2) is 14.5 Å². The Kier molecular flexibility index (Phi) is 8.93. The van der Waals surface area contributed by atoms with Gasteiger partial charge < -0.3 is 22.7 Å². The third-order valence-electron chi connectivity index (χ3n) is 17.6. The highest BCUT2D eigenvalue weighted by Crippen LogP contribution is 2.52. The van der Waals surface area contributed by atoms with E-state index in [1.54, 1.807) is 0 Å². The van der Waals surface area contributed by atoms with Gasteiger partial charge in [0.25, 0.3) is 0 Å². The lowest BCUT2D eigenvalue weighted by molar-refractivity contribution is 0.651. The highest BCUT2D eigenvalue weighted by atomic mass is 16.3. The van der Waals surface area contributed by atoms with E-state index in [1.165, 1.54) is 37.7 Å². The van der Waals surface area contributed by atoms with Crippen molar-refractivity contribution in [1.29, 1.82) is 0 Å². The summed E-state index contributed by atoms with van der Waals surface area (Å²) in [4.78, 5) is 11.9. The minimum atomic E-state index is 0.741. The van der Waals surface area contributed by atoms with Gasteiger partial charge in [-0.3, -0.25) is 9.97 Å². The van der Waals surface area contributed by atoms with Crippen molar-refractivity contribution in [1.82, 2.24) is 14.5 Å². The molecule has 0 saturated carbocycles. The molecular weight excluding hydrogens is 1020 g/mol. The van der Waals surface area contributed by atoms with Crippen LogP contribution >= 0.6 is 0 Å². The zero-order valence-corrected chi connectivity index (χ0v) is 44.3. The van der Waals surface area contributed by atoms with Gasteiger partial charge in [-0.2, -0.15) is 0 Å². The summed E-state index contributed by atoms with van der Waals surface area (Å²) in [5, 5.41) is 20.7. The molecule has 7 heteroatoms. The molecule has 0 aliphatic heterocycles. The van der Waals surface area contributed by atoms with E-state index in [9.17, 15) is 0 Å². The van der Waals surface area contributed by atoms with Gasteiger partial charge in [-0.1, -0.05) is 140 Å². The van der Waals surface area contributed by atoms with E-state index in [1.807, 2.05) is 49.1 Å². The first-order chi connectivity index (χ1) is 41.2. The lowest BCUT2D eigenvalue weighted by atomic mass is 9.85. The van der Waals surface area contributed by atoms with Crippen LogP contribution in [0.1, 0.15) is 0 Å². The molecule has 0 saturated heterocycles. The van der Waals surface area contributed by atoms with Crippen LogP contribution in [-0.2, 0) is 0 Å². The Hall–Kier alpha value is -11.3. The van der Waals surface area contributed by atoms with Crippen molar-refractivity contribution in [2.45, 2.75) is 0 Å². The van der Waals surface area contributed by atoms with Crippen molar-refractivity contribution in [3.05, 3.63) is 255 Å². The molecule has 5 aromatic heterocycles. The SMILES string of the molecule is c1ccc(N(c2ccc3oc4ccccc4c3c2)c2cc(-c3cccnc3)c3ccc4c(-n5c6ccccc6oc6cc7c(cc65)oc5cc6c8cccc9cccc(c%10cccc(c57)c%106)c98)cc(-c5cccnc5)c5ccc2c3c54)cc1. The fourth-order valence-corrected chi connectivity index (χ4v) is 14.2. The van der Waals surface area contributed by atoms with Crippen LogP contribution < -0.4 is 4.90 Å². The maximum absolute atomic E-state index is 7.16. The van der Waals surface area contributed by atoms with Gasteiger partial charge in [-0.25, -0.2) is 0 Å². The summed E-state index contributed by atoms with van der Waals surface area (Å²) in [6.45, 7) is 0. The van der Waals surface area contributed by atoms with Crippen LogP contribution in [0, 0.1) is 0 Å². The number of pyridine rings is 2. The van der Waals surface area contributed by atoms with Crippen LogP contribution in [0.15, 0.2) is 269 Å². The smallest absolute Gasteiger partial charge is 0.152 e. The normalized spacial score (nSPS) is 12.3. The maximum Gasteiger partial charge on any atom is 0.152 e. The number of fused-ring (bicyclic) bond motifs is 11. The molecule has 19 rings (SSSR count). The molecule has 7 nitrogen and oxygen atoms in total. The molecule has 0 aliphatic carbocycles. The predicted octanol–water partition coefficient (Wildman–Crippen LogP) is 21.3. The molecule has 0 atom stereocenters. The molecular formula is C76H42N4O3. The molecule has 0 spiro atoms. The van der Waals surface area contributed by atoms with Gasteiger partial charge in [0.15, 0.2) is 11.2 Å². The second kappa shape index (κ2) is 16.6. The zero-order chi connectivity index (χ0) is 54.0. The Morgan fingerprint density at radius 1 is 0.301 bits per heavy atom. The van der Waals surface area contributed by atoms with Crippen LogP contribution in [0.5, 0.6) is 0 Å². The fraction of sp³-hybridized carbons (Fsp3) is 0. The van der Waals surface area contributed by atoms with Crippen LogP contribution in [0.2, 0.25) is 0 Å². The van der Waals surface area contributed by atoms with Crippen molar-refractivity contribution in [2.24, 2.45) is 0 Å². The average Bonchev–Trinajstić information content (AvgIpc) is 2.84. The largest absolute Gasteiger partial charge is 0.456 e. The van der Waals surface area contributed by atoms with E-state index in [0.29, 0.717) is 0 Å². The third-order valence-corrected chi connectivity index (χ3v) is 17.6. The van der Waals surface area contributed by atoms with Gasteiger partial charge in [-0.05, 0) is 150 Å². The van der Waals surface area contributed by atoms with E-state index >= 15 is 0 Å². The number of furan rings is 2. The van der Waals surface area contributed by atoms with E-state index in [4.69, 9.17) is 23.2 Å². The highest BCUT2D eigenvalue weighted by Gasteiger charge is 2.27. The summed E-state index contributed by atoms with van der Waals surface area (Å²) < 4.78 is 23.1. The molecule has 0 unspecified atom stereocenters. The van der Waals surface area contributed by atoms with E-state index in [2.05, 4.69) is 216 Å². The van der Waals surface area contributed by atoms with Gasteiger partial charge in [-0.15, -0.1) is 0 Å². The summed E-state index contributed by atoms with van der Waals surface area (Å²) in [7, 11) is 0. The monoisotopic (exact) mass is 1060 g/mol. The van der Waals surface area contributed by atoms with Gasteiger partial charge in [0.2, 0.25) is 0 Å². The zero-order valence-electron chi connectivity index (χ0n) is 44.3. The minimum Gasteiger partial charge on any atom is -0.456 e. The number of benzene rings is 14. The summed E-state index contributed by atoms with van der Waals surface area (Å²) in [5.41, 5.74) is 14.9. The van der Waals surface area contributed by atoms with Crippen LogP contribution in [0.4, 0.5) is 17.1 Å². The quantitative estimate of drug-likeness (QED) is 0.122. The molecule has 5 heterocycles. The number of nitrogens with zero attached hydrogens (tertiary/aromatic N) is 4. The number of anilines is 3. The first-order valence-electron chi connectivity index (χ1n) is 28.1. The van der Waals surface area contributed by atoms with Crippen molar-refractivity contribution in [3.8, 4) is 27.9 Å². The van der Waals surface area contributed by atoms with Crippen LogP contribution in [0.3, 0.4) is 0 Å². The minimum absolute atomic E-state index is 0.741. The third kappa shape index (κ3) is 6.22. The topological polar surface area (TPSA) is 73.4 Å². The standard InChI is InChI=1S/C76H42N4O3/c1-2-17-46(18-3-1)79(47-27-32-67-59(35-47)48-19-4-6-25-66(48)81-67)63-36-57(44-15-11-33-77-41-44)52-29-31-55-64(37-58(45-16-12-34-78-42-45)53-28-30-54(63)75(52)76(53)55)80-62-24-5-7-26-68(62)82-70-39-61-69(40-65(70)80)83-71-38-60-51-21-9-14-43-13-8-20-49(72(43)51)50-22-10-23-56(73(50)60)74(61)71/h1-42H. The van der Waals surface area contributed by atoms with E-state index in [-0.39, 0.29) is 0 Å².